The van der Waals surface area contributed by atoms with Crippen LogP contribution >= 0.6 is 0 Å². The minimum atomic E-state index is -0.895. The van der Waals surface area contributed by atoms with Gasteiger partial charge in [-0.3, -0.25) is 9.59 Å². The molecular weight excluding hydrogens is 282 g/mol. The summed E-state index contributed by atoms with van der Waals surface area (Å²) in [5, 5.41) is 8.78. The number of amides is 1. The monoisotopic (exact) mass is 307 g/mol. The van der Waals surface area contributed by atoms with Crippen LogP contribution in [0, 0.1) is 0 Å². The largest absolute Gasteiger partial charge is 0.494 e. The molecule has 1 amide bonds. The summed E-state index contributed by atoms with van der Waals surface area (Å²) in [5.41, 5.74) is 0.875. The summed E-state index contributed by atoms with van der Waals surface area (Å²) in [4.78, 5) is 24.7. The topological polar surface area (TPSA) is 66.8 Å². The molecule has 122 valence electrons. The molecule has 0 aliphatic rings. The average Bonchev–Trinajstić information content (AvgIpc) is 2.45. The maximum atomic E-state index is 12.4. The van der Waals surface area contributed by atoms with Gasteiger partial charge in [-0.25, -0.2) is 0 Å². The molecule has 0 aromatic heterocycles. The van der Waals surface area contributed by atoms with E-state index in [2.05, 4.69) is 0 Å². The zero-order chi connectivity index (χ0) is 16.5. The molecule has 0 saturated heterocycles. The van der Waals surface area contributed by atoms with Gasteiger partial charge in [0.1, 0.15) is 5.75 Å². The number of carbonyl (C=O) groups is 2. The van der Waals surface area contributed by atoms with Crippen molar-refractivity contribution in [3.05, 3.63) is 29.8 Å². The van der Waals surface area contributed by atoms with E-state index in [0.29, 0.717) is 6.61 Å². The Bertz CT molecular complexity index is 499. The summed E-state index contributed by atoms with van der Waals surface area (Å²) in [5.74, 6) is -0.203. The van der Waals surface area contributed by atoms with Gasteiger partial charge in [-0.15, -0.1) is 0 Å². The molecule has 0 saturated carbocycles. The van der Waals surface area contributed by atoms with Gasteiger partial charge in [0.15, 0.2) is 0 Å². The molecule has 5 nitrogen and oxygen atoms in total. The van der Waals surface area contributed by atoms with E-state index in [0.717, 1.165) is 17.7 Å². The molecule has 0 bridgehead atoms. The SMILES string of the molecule is CCCOc1cccc(CC(=O)N(CCC(=O)O)C(C)C)c1. The van der Waals surface area contributed by atoms with Gasteiger partial charge in [-0.05, 0) is 38.0 Å². The second-order valence-corrected chi connectivity index (χ2v) is 5.50. The van der Waals surface area contributed by atoms with Crippen molar-refractivity contribution in [3.63, 3.8) is 0 Å². The van der Waals surface area contributed by atoms with E-state index in [9.17, 15) is 9.59 Å². The lowest BCUT2D eigenvalue weighted by Gasteiger charge is -2.26. The lowest BCUT2D eigenvalue weighted by Crippen LogP contribution is -2.39. The Morgan fingerprint density at radius 2 is 2.05 bits per heavy atom. The number of aliphatic carboxylic acids is 1. The summed E-state index contributed by atoms with van der Waals surface area (Å²) in [6.07, 6.45) is 1.14. The van der Waals surface area contributed by atoms with Crippen LogP contribution in [0.1, 0.15) is 39.2 Å². The summed E-state index contributed by atoms with van der Waals surface area (Å²) in [6.45, 7) is 6.70. The number of carboxylic acid groups (broad SMARTS) is 1. The summed E-state index contributed by atoms with van der Waals surface area (Å²) in [6, 6.07) is 7.46. The second kappa shape index (κ2) is 9.07. The van der Waals surface area contributed by atoms with Crippen LogP contribution in [0.5, 0.6) is 5.75 Å². The number of rotatable bonds is 9. The lowest BCUT2D eigenvalue weighted by molar-refractivity contribution is -0.139. The van der Waals surface area contributed by atoms with Crippen molar-refractivity contribution < 1.29 is 19.4 Å². The number of ether oxygens (including phenoxy) is 1. The highest BCUT2D eigenvalue weighted by Crippen LogP contribution is 2.15. The van der Waals surface area contributed by atoms with Crippen LogP contribution in [-0.2, 0) is 16.0 Å². The molecule has 1 aromatic rings. The van der Waals surface area contributed by atoms with Crippen molar-refractivity contribution in [1.29, 1.82) is 0 Å². The molecule has 1 N–H and O–H groups in total. The molecule has 1 rings (SSSR count). The standard InChI is InChI=1S/C17H25NO4/c1-4-10-22-15-7-5-6-14(11-15)12-16(19)18(13(2)3)9-8-17(20)21/h5-7,11,13H,4,8-10,12H2,1-3H3,(H,20,21). The van der Waals surface area contributed by atoms with Crippen molar-refractivity contribution in [1.82, 2.24) is 4.90 Å². The highest BCUT2D eigenvalue weighted by atomic mass is 16.5. The fraction of sp³-hybridized carbons (Fsp3) is 0.529. The fourth-order valence-electron chi connectivity index (χ4n) is 2.13. The molecule has 0 spiro atoms. The Kier molecular flexibility index (Phi) is 7.43. The maximum absolute atomic E-state index is 12.4. The molecule has 0 aliphatic heterocycles. The van der Waals surface area contributed by atoms with Crippen molar-refractivity contribution in [2.24, 2.45) is 0 Å². The van der Waals surface area contributed by atoms with Crippen LogP contribution in [-0.4, -0.2) is 41.1 Å². The molecule has 5 heteroatoms. The average molecular weight is 307 g/mol. The zero-order valence-electron chi connectivity index (χ0n) is 13.5. The van der Waals surface area contributed by atoms with Crippen LogP contribution in [0.4, 0.5) is 0 Å². The molecule has 0 fully saturated rings. The van der Waals surface area contributed by atoms with Gasteiger partial charge in [0.2, 0.25) is 5.91 Å². The summed E-state index contributed by atoms with van der Waals surface area (Å²) >= 11 is 0. The van der Waals surface area contributed by atoms with Gasteiger partial charge >= 0.3 is 5.97 Å². The van der Waals surface area contributed by atoms with Gasteiger partial charge in [0, 0.05) is 12.6 Å². The lowest BCUT2D eigenvalue weighted by atomic mass is 10.1. The Morgan fingerprint density at radius 3 is 2.64 bits per heavy atom. The highest BCUT2D eigenvalue weighted by molar-refractivity contribution is 5.79. The molecule has 1 aromatic carbocycles. The number of hydrogen-bond donors (Lipinski definition) is 1. The van der Waals surface area contributed by atoms with Crippen LogP contribution < -0.4 is 4.74 Å². The minimum absolute atomic E-state index is 0.0219. The van der Waals surface area contributed by atoms with Crippen LogP contribution in [0.3, 0.4) is 0 Å². The van der Waals surface area contributed by atoms with Crippen LogP contribution in [0.15, 0.2) is 24.3 Å². The van der Waals surface area contributed by atoms with Crippen LogP contribution in [0.25, 0.3) is 0 Å². The van der Waals surface area contributed by atoms with Crippen molar-refractivity contribution >= 4 is 11.9 Å². The van der Waals surface area contributed by atoms with Crippen LogP contribution in [0.2, 0.25) is 0 Å². The van der Waals surface area contributed by atoms with E-state index in [1.165, 1.54) is 0 Å². The number of hydrogen-bond acceptors (Lipinski definition) is 3. The van der Waals surface area contributed by atoms with E-state index in [-0.39, 0.29) is 31.3 Å². The predicted octanol–water partition coefficient (Wildman–Crippen LogP) is 2.73. The molecule has 0 atom stereocenters. The van der Waals surface area contributed by atoms with Gasteiger partial charge in [-0.2, -0.15) is 0 Å². The predicted molar refractivity (Wildman–Crippen MR) is 85.0 cm³/mol. The van der Waals surface area contributed by atoms with Crippen molar-refractivity contribution in [2.45, 2.75) is 46.1 Å². The fourth-order valence-corrected chi connectivity index (χ4v) is 2.13. The smallest absolute Gasteiger partial charge is 0.305 e. The minimum Gasteiger partial charge on any atom is -0.494 e. The third kappa shape index (κ3) is 6.16. The number of carboxylic acids is 1. The van der Waals surface area contributed by atoms with Crippen molar-refractivity contribution in [3.8, 4) is 5.75 Å². The van der Waals surface area contributed by atoms with Gasteiger partial charge < -0.3 is 14.7 Å². The van der Waals surface area contributed by atoms with E-state index >= 15 is 0 Å². The third-order valence-corrected chi connectivity index (χ3v) is 3.24. The van der Waals surface area contributed by atoms with E-state index in [1.54, 1.807) is 4.90 Å². The first kappa shape index (κ1) is 18.0. The highest BCUT2D eigenvalue weighted by Gasteiger charge is 2.18. The first-order valence-electron chi connectivity index (χ1n) is 7.67. The van der Waals surface area contributed by atoms with Gasteiger partial charge in [0.05, 0.1) is 19.4 Å². The first-order chi connectivity index (χ1) is 10.4. The Labute approximate surface area is 131 Å². The zero-order valence-corrected chi connectivity index (χ0v) is 13.5. The molecule has 22 heavy (non-hydrogen) atoms. The number of nitrogens with zero attached hydrogens (tertiary/aromatic N) is 1. The van der Waals surface area contributed by atoms with Gasteiger partial charge in [0.25, 0.3) is 0 Å². The quantitative estimate of drug-likeness (QED) is 0.762. The molecule has 0 radical (unpaired) electrons. The third-order valence-electron chi connectivity index (χ3n) is 3.24. The van der Waals surface area contributed by atoms with E-state index in [1.807, 2.05) is 45.0 Å². The Balaban J connectivity index is 2.70. The second-order valence-electron chi connectivity index (χ2n) is 5.50. The number of carbonyl (C=O) groups excluding carboxylic acids is 1. The normalized spacial score (nSPS) is 10.5. The molecule has 0 aliphatic carbocycles. The van der Waals surface area contributed by atoms with Gasteiger partial charge in [-0.1, -0.05) is 19.1 Å². The molecule has 0 heterocycles. The van der Waals surface area contributed by atoms with E-state index < -0.39 is 5.97 Å². The number of benzene rings is 1. The molecule has 0 unspecified atom stereocenters. The van der Waals surface area contributed by atoms with E-state index in [4.69, 9.17) is 9.84 Å². The Hall–Kier alpha value is -2.04. The Morgan fingerprint density at radius 1 is 1.32 bits per heavy atom. The maximum Gasteiger partial charge on any atom is 0.305 e. The summed E-state index contributed by atoms with van der Waals surface area (Å²) < 4.78 is 5.56. The first-order valence-corrected chi connectivity index (χ1v) is 7.67. The summed E-state index contributed by atoms with van der Waals surface area (Å²) in [7, 11) is 0. The molecular formula is C17H25NO4. The van der Waals surface area contributed by atoms with Crippen molar-refractivity contribution in [2.75, 3.05) is 13.2 Å².